The van der Waals surface area contributed by atoms with Crippen LogP contribution in [-0.4, -0.2) is 77.2 Å². The third-order valence-electron chi connectivity index (χ3n) is 2.13. The summed E-state index contributed by atoms with van der Waals surface area (Å²) in [6.07, 6.45) is -0.391. The van der Waals surface area contributed by atoms with Gasteiger partial charge in [-0.05, 0) is 0 Å². The minimum absolute atomic E-state index is 0.0531. The average molecular weight is 286 g/mol. The minimum atomic E-state index is -4.01. The van der Waals surface area contributed by atoms with Crippen molar-refractivity contribution in [2.45, 2.75) is 6.10 Å². The van der Waals surface area contributed by atoms with Crippen molar-refractivity contribution < 1.29 is 32.5 Å². The van der Waals surface area contributed by atoms with E-state index in [-0.39, 0.29) is 19.8 Å². The van der Waals surface area contributed by atoms with Crippen molar-refractivity contribution in [2.75, 3.05) is 61.7 Å². The molecule has 18 heavy (non-hydrogen) atoms. The fourth-order valence-corrected chi connectivity index (χ4v) is 1.76. The molecule has 7 nitrogen and oxygen atoms in total. The predicted octanol–water partition coefficient (Wildman–Crippen LogP) is 0.488. The summed E-state index contributed by atoms with van der Waals surface area (Å²) in [7, 11) is 4.87. The summed E-state index contributed by atoms with van der Waals surface area (Å²) in [5.74, 6) is 0. The second-order valence-corrected chi connectivity index (χ2v) is 6.38. The van der Waals surface area contributed by atoms with Gasteiger partial charge >= 0.3 is 7.82 Å². The number of hydrogen-bond acceptors (Lipinski definition) is 5. The number of phosphoric ester groups is 1. The highest BCUT2D eigenvalue weighted by molar-refractivity contribution is 7.47. The van der Waals surface area contributed by atoms with Crippen LogP contribution in [0.25, 0.3) is 0 Å². The molecule has 0 saturated heterocycles. The van der Waals surface area contributed by atoms with Gasteiger partial charge in [0, 0.05) is 14.2 Å². The lowest BCUT2D eigenvalue weighted by Gasteiger charge is -2.24. The van der Waals surface area contributed by atoms with Gasteiger partial charge in [0.15, 0.2) is 0 Å². The molecule has 0 bridgehead atoms. The Morgan fingerprint density at radius 2 is 1.78 bits per heavy atom. The normalized spacial score (nSPS) is 17.4. The Morgan fingerprint density at radius 3 is 2.22 bits per heavy atom. The van der Waals surface area contributed by atoms with Crippen LogP contribution in [0.4, 0.5) is 0 Å². The van der Waals surface area contributed by atoms with E-state index in [1.54, 1.807) is 0 Å². The molecule has 110 valence electrons. The largest absolute Gasteiger partial charge is 0.472 e. The van der Waals surface area contributed by atoms with Crippen LogP contribution >= 0.6 is 7.82 Å². The van der Waals surface area contributed by atoms with Crippen LogP contribution in [0.2, 0.25) is 0 Å². The standard InChI is InChI=1S/C10H24NO6P/c1-11(2,3)6-7-16-18(12,13)17-9-10(15-5)8-14-4/h10H,6-9H2,1-5H3/p+1. The second kappa shape index (κ2) is 8.22. The SMILES string of the molecule is COCC(COP(=O)(O)OCC[N+](C)(C)C)OC. The van der Waals surface area contributed by atoms with Crippen LogP contribution in [0.1, 0.15) is 0 Å². The van der Waals surface area contributed by atoms with Gasteiger partial charge in [0.25, 0.3) is 0 Å². The monoisotopic (exact) mass is 286 g/mol. The number of likely N-dealkylation sites (N-methyl/N-ethyl adjacent to an activating group) is 1. The maximum Gasteiger partial charge on any atom is 0.472 e. The minimum Gasteiger partial charge on any atom is -0.382 e. The van der Waals surface area contributed by atoms with Crippen molar-refractivity contribution in [1.29, 1.82) is 0 Å². The molecule has 0 fully saturated rings. The molecule has 0 spiro atoms. The molecule has 8 heteroatoms. The van der Waals surface area contributed by atoms with Crippen molar-refractivity contribution in [2.24, 2.45) is 0 Å². The summed E-state index contributed by atoms with van der Waals surface area (Å²) in [5, 5.41) is 0. The number of methoxy groups -OCH3 is 2. The lowest BCUT2D eigenvalue weighted by atomic mass is 10.4. The average Bonchev–Trinajstić information content (AvgIpc) is 2.22. The molecule has 0 aromatic heterocycles. The van der Waals surface area contributed by atoms with E-state index in [1.807, 2.05) is 21.1 Å². The van der Waals surface area contributed by atoms with Gasteiger partial charge in [-0.3, -0.25) is 9.05 Å². The number of ether oxygens (including phenoxy) is 2. The van der Waals surface area contributed by atoms with Gasteiger partial charge in [0.2, 0.25) is 0 Å². The first-order valence-corrected chi connectivity index (χ1v) is 7.14. The number of nitrogens with zero attached hydrogens (tertiary/aromatic N) is 1. The van der Waals surface area contributed by atoms with Crippen LogP contribution in [0.5, 0.6) is 0 Å². The molecule has 2 unspecified atom stereocenters. The highest BCUT2D eigenvalue weighted by Crippen LogP contribution is 2.43. The number of hydrogen-bond donors (Lipinski definition) is 1. The maximum atomic E-state index is 11.5. The Kier molecular flexibility index (Phi) is 8.21. The Morgan fingerprint density at radius 1 is 1.17 bits per heavy atom. The van der Waals surface area contributed by atoms with Gasteiger partial charge in [0.05, 0.1) is 34.4 Å². The van der Waals surface area contributed by atoms with Gasteiger partial charge in [-0.2, -0.15) is 0 Å². The molecule has 0 aliphatic rings. The maximum absolute atomic E-state index is 11.5. The van der Waals surface area contributed by atoms with Crippen molar-refractivity contribution in [3.8, 4) is 0 Å². The van der Waals surface area contributed by atoms with E-state index < -0.39 is 13.9 Å². The smallest absolute Gasteiger partial charge is 0.382 e. The summed E-state index contributed by atoms with van der Waals surface area (Å²) in [6.45, 7) is 0.997. The van der Waals surface area contributed by atoms with Crippen LogP contribution < -0.4 is 0 Å². The van der Waals surface area contributed by atoms with Crippen LogP contribution in [0.3, 0.4) is 0 Å². The molecule has 0 aromatic rings. The highest BCUT2D eigenvalue weighted by atomic mass is 31.2. The van der Waals surface area contributed by atoms with E-state index in [4.69, 9.17) is 18.5 Å². The van der Waals surface area contributed by atoms with E-state index in [1.165, 1.54) is 14.2 Å². The van der Waals surface area contributed by atoms with Crippen LogP contribution in [0.15, 0.2) is 0 Å². The highest BCUT2D eigenvalue weighted by Gasteiger charge is 2.24. The van der Waals surface area contributed by atoms with Gasteiger partial charge in [-0.25, -0.2) is 4.57 Å². The third-order valence-corrected chi connectivity index (χ3v) is 3.11. The van der Waals surface area contributed by atoms with Gasteiger partial charge in [0.1, 0.15) is 19.3 Å². The topological polar surface area (TPSA) is 74.2 Å². The molecule has 0 aliphatic heterocycles. The van der Waals surface area contributed by atoms with Crippen molar-refractivity contribution in [3.63, 3.8) is 0 Å². The summed E-state index contributed by atoms with van der Waals surface area (Å²) in [6, 6.07) is 0. The fraction of sp³-hybridized carbons (Fsp3) is 1.00. The Balaban J connectivity index is 3.96. The summed E-state index contributed by atoms with van der Waals surface area (Å²) in [4.78, 5) is 9.43. The van der Waals surface area contributed by atoms with Crippen molar-refractivity contribution >= 4 is 7.82 Å². The van der Waals surface area contributed by atoms with E-state index in [9.17, 15) is 9.46 Å². The first-order chi connectivity index (χ1) is 8.20. The predicted molar refractivity (Wildman–Crippen MR) is 67.3 cm³/mol. The zero-order valence-electron chi connectivity index (χ0n) is 11.8. The molecule has 0 heterocycles. The van der Waals surface area contributed by atoms with E-state index >= 15 is 0 Å². The summed E-state index contributed by atoms with van der Waals surface area (Å²) < 4.78 is 31.7. The molecular formula is C10H25NO6P+. The zero-order valence-corrected chi connectivity index (χ0v) is 12.7. The molecule has 2 atom stereocenters. The number of phosphoric acid groups is 1. The number of rotatable bonds is 10. The third kappa shape index (κ3) is 9.96. The van der Waals surface area contributed by atoms with E-state index in [0.717, 1.165) is 0 Å². The first-order valence-electron chi connectivity index (χ1n) is 5.64. The fourth-order valence-electron chi connectivity index (χ4n) is 1.01. The van der Waals surface area contributed by atoms with Gasteiger partial charge < -0.3 is 18.9 Å². The van der Waals surface area contributed by atoms with Crippen LogP contribution in [-0.2, 0) is 23.1 Å². The van der Waals surface area contributed by atoms with Gasteiger partial charge in [-0.15, -0.1) is 0 Å². The molecule has 0 radical (unpaired) electrons. The quantitative estimate of drug-likeness (QED) is 0.465. The van der Waals surface area contributed by atoms with E-state index in [0.29, 0.717) is 11.0 Å². The van der Waals surface area contributed by atoms with E-state index in [2.05, 4.69) is 0 Å². The second-order valence-electron chi connectivity index (χ2n) is 4.92. The van der Waals surface area contributed by atoms with Crippen LogP contribution in [0, 0.1) is 0 Å². The molecule has 0 aromatic carbocycles. The molecule has 0 rings (SSSR count). The Bertz CT molecular complexity index is 268. The summed E-state index contributed by atoms with van der Waals surface area (Å²) >= 11 is 0. The Labute approximate surface area is 109 Å². The lowest BCUT2D eigenvalue weighted by molar-refractivity contribution is -0.870. The van der Waals surface area contributed by atoms with Crippen molar-refractivity contribution in [1.82, 2.24) is 0 Å². The number of quaternary nitrogens is 1. The zero-order chi connectivity index (χ0) is 14.2. The molecule has 1 N–H and O–H groups in total. The molecule has 0 amide bonds. The Hall–Kier alpha value is -0.0100. The van der Waals surface area contributed by atoms with Gasteiger partial charge in [-0.1, -0.05) is 0 Å². The first kappa shape index (κ1) is 18.0. The van der Waals surface area contributed by atoms with Crippen molar-refractivity contribution in [3.05, 3.63) is 0 Å². The molecule has 0 aliphatic carbocycles. The summed E-state index contributed by atoms with van der Waals surface area (Å²) in [5.41, 5.74) is 0. The molecular weight excluding hydrogens is 261 g/mol. The lowest BCUT2D eigenvalue weighted by Crippen LogP contribution is -2.37. The molecule has 0 saturated carbocycles.